The predicted octanol–water partition coefficient (Wildman–Crippen LogP) is 4.12. The molecule has 8 heteroatoms. The van der Waals surface area contributed by atoms with E-state index in [1.807, 2.05) is 0 Å². The first-order valence-corrected chi connectivity index (χ1v) is 8.69. The van der Waals surface area contributed by atoms with Crippen molar-refractivity contribution < 1.29 is 19.1 Å². The highest BCUT2D eigenvalue weighted by Gasteiger charge is 2.19. The third kappa shape index (κ3) is 5.61. The van der Waals surface area contributed by atoms with Gasteiger partial charge < -0.3 is 14.8 Å². The van der Waals surface area contributed by atoms with E-state index < -0.39 is 12.0 Å². The van der Waals surface area contributed by atoms with Crippen LogP contribution >= 0.6 is 23.2 Å². The molecule has 26 heavy (non-hydrogen) atoms. The van der Waals surface area contributed by atoms with Gasteiger partial charge >= 0.3 is 5.97 Å². The van der Waals surface area contributed by atoms with Gasteiger partial charge in [-0.15, -0.1) is 6.58 Å². The summed E-state index contributed by atoms with van der Waals surface area (Å²) in [6, 6.07) is 4.07. The van der Waals surface area contributed by atoms with E-state index in [1.54, 1.807) is 24.3 Å². The summed E-state index contributed by atoms with van der Waals surface area (Å²) in [6.07, 6.45) is 4.23. The minimum Gasteiger partial charge on any atom is -0.480 e. The average Bonchev–Trinajstić information content (AvgIpc) is 3.05. The number of carbonyl (C=O) groups is 2. The Morgan fingerprint density at radius 2 is 2.15 bits per heavy atom. The van der Waals surface area contributed by atoms with Gasteiger partial charge in [-0.3, -0.25) is 4.79 Å². The van der Waals surface area contributed by atoms with E-state index in [-0.39, 0.29) is 18.7 Å². The van der Waals surface area contributed by atoms with Crippen LogP contribution in [0.5, 0.6) is 0 Å². The number of rotatable bonds is 9. The van der Waals surface area contributed by atoms with Gasteiger partial charge in [-0.05, 0) is 31.0 Å². The quantitative estimate of drug-likeness (QED) is 0.621. The molecule has 0 spiro atoms. The lowest BCUT2D eigenvalue weighted by Crippen LogP contribution is -2.40. The summed E-state index contributed by atoms with van der Waals surface area (Å²) >= 11 is 12.0. The Morgan fingerprint density at radius 1 is 1.38 bits per heavy atom. The summed E-state index contributed by atoms with van der Waals surface area (Å²) in [4.78, 5) is 27.2. The standard InChI is InChI=1S/C18H18Cl2N2O4/c1-2-3-4-14(18(24)25)22-16(23)7-8-17-21-10-15(26-17)12-6-5-11(19)9-13(12)20/h2,5-6,9-10,14H,1,3-4,7-8H2,(H,22,23)(H,24,25). The molecule has 0 aliphatic rings. The highest BCUT2D eigenvalue weighted by Crippen LogP contribution is 2.30. The number of aliphatic carboxylic acids is 1. The molecular weight excluding hydrogens is 379 g/mol. The van der Waals surface area contributed by atoms with Crippen molar-refractivity contribution in [3.05, 3.63) is 53.0 Å². The Balaban J connectivity index is 1.93. The molecule has 0 fully saturated rings. The van der Waals surface area contributed by atoms with Crippen LogP contribution in [0.25, 0.3) is 11.3 Å². The molecule has 0 radical (unpaired) electrons. The monoisotopic (exact) mass is 396 g/mol. The number of aromatic nitrogens is 1. The van der Waals surface area contributed by atoms with Gasteiger partial charge in [0.15, 0.2) is 11.7 Å². The van der Waals surface area contributed by atoms with E-state index in [2.05, 4.69) is 16.9 Å². The number of nitrogens with zero attached hydrogens (tertiary/aromatic N) is 1. The summed E-state index contributed by atoms with van der Waals surface area (Å²) < 4.78 is 5.61. The number of halogens is 2. The van der Waals surface area contributed by atoms with Gasteiger partial charge in [-0.1, -0.05) is 29.3 Å². The second kappa shape index (κ2) is 9.40. The fourth-order valence-electron chi connectivity index (χ4n) is 2.27. The van der Waals surface area contributed by atoms with Gasteiger partial charge in [-0.2, -0.15) is 0 Å². The first-order valence-electron chi connectivity index (χ1n) is 7.94. The third-order valence-electron chi connectivity index (χ3n) is 3.61. The lowest BCUT2D eigenvalue weighted by molar-refractivity contribution is -0.142. The molecule has 0 aliphatic heterocycles. The van der Waals surface area contributed by atoms with Crippen LogP contribution in [0.2, 0.25) is 10.0 Å². The number of aryl methyl sites for hydroxylation is 1. The highest BCUT2D eigenvalue weighted by atomic mass is 35.5. The summed E-state index contributed by atoms with van der Waals surface area (Å²) in [7, 11) is 0. The number of hydrogen-bond donors (Lipinski definition) is 2. The maximum Gasteiger partial charge on any atom is 0.326 e. The largest absolute Gasteiger partial charge is 0.480 e. The predicted molar refractivity (Wildman–Crippen MR) is 99.3 cm³/mol. The Kier molecular flexibility index (Phi) is 7.24. The number of benzene rings is 1. The van der Waals surface area contributed by atoms with Crippen LogP contribution in [-0.4, -0.2) is 28.0 Å². The normalized spacial score (nSPS) is 11.8. The van der Waals surface area contributed by atoms with Crippen LogP contribution < -0.4 is 5.32 Å². The molecule has 0 saturated carbocycles. The molecular formula is C18H18Cl2N2O4. The molecule has 2 N–H and O–H groups in total. The average molecular weight is 397 g/mol. The minimum atomic E-state index is -1.07. The Labute approximate surface area is 160 Å². The molecule has 1 unspecified atom stereocenters. The van der Waals surface area contributed by atoms with Crippen molar-refractivity contribution in [2.75, 3.05) is 0 Å². The summed E-state index contributed by atoms with van der Waals surface area (Å²) in [5, 5.41) is 12.5. The third-order valence-corrected chi connectivity index (χ3v) is 4.16. The molecule has 6 nitrogen and oxygen atoms in total. The van der Waals surface area contributed by atoms with E-state index in [0.29, 0.717) is 40.1 Å². The number of oxazole rings is 1. The summed E-state index contributed by atoms with van der Waals surface area (Å²) in [5.41, 5.74) is 0.648. The smallest absolute Gasteiger partial charge is 0.326 e. The van der Waals surface area contributed by atoms with Crippen molar-refractivity contribution in [3.63, 3.8) is 0 Å². The number of amides is 1. The number of carboxylic acid groups (broad SMARTS) is 1. The van der Waals surface area contributed by atoms with Gasteiger partial charge in [0.2, 0.25) is 5.91 Å². The van der Waals surface area contributed by atoms with E-state index in [9.17, 15) is 9.59 Å². The van der Waals surface area contributed by atoms with Crippen molar-refractivity contribution in [2.24, 2.45) is 0 Å². The van der Waals surface area contributed by atoms with Crippen molar-refractivity contribution in [1.82, 2.24) is 10.3 Å². The molecule has 1 heterocycles. The van der Waals surface area contributed by atoms with Gasteiger partial charge in [0, 0.05) is 23.4 Å². The van der Waals surface area contributed by atoms with Crippen LogP contribution in [0, 0.1) is 0 Å². The van der Waals surface area contributed by atoms with E-state index in [4.69, 9.17) is 32.7 Å². The zero-order valence-electron chi connectivity index (χ0n) is 13.9. The number of carbonyl (C=O) groups excluding carboxylic acids is 1. The molecule has 1 aromatic carbocycles. The van der Waals surface area contributed by atoms with Crippen LogP contribution in [0.1, 0.15) is 25.2 Å². The van der Waals surface area contributed by atoms with Crippen molar-refractivity contribution in [1.29, 1.82) is 0 Å². The Morgan fingerprint density at radius 3 is 2.81 bits per heavy atom. The first kappa shape index (κ1) is 20.0. The van der Waals surface area contributed by atoms with E-state index in [1.165, 1.54) is 6.20 Å². The molecule has 2 rings (SSSR count). The minimum absolute atomic E-state index is 0.0617. The lowest BCUT2D eigenvalue weighted by Gasteiger charge is -2.13. The van der Waals surface area contributed by atoms with Gasteiger partial charge in [0.1, 0.15) is 6.04 Å². The molecule has 1 aromatic heterocycles. The first-order chi connectivity index (χ1) is 12.4. The number of hydrogen-bond acceptors (Lipinski definition) is 4. The van der Waals surface area contributed by atoms with Crippen molar-refractivity contribution in [3.8, 4) is 11.3 Å². The summed E-state index contributed by atoms with van der Waals surface area (Å²) in [6.45, 7) is 3.54. The SMILES string of the molecule is C=CCCC(NC(=O)CCc1ncc(-c2ccc(Cl)cc2Cl)o1)C(=O)O. The van der Waals surface area contributed by atoms with E-state index in [0.717, 1.165) is 0 Å². The second-order valence-electron chi connectivity index (χ2n) is 5.57. The fraction of sp³-hybridized carbons (Fsp3) is 0.278. The fourth-order valence-corrected chi connectivity index (χ4v) is 2.77. The molecule has 0 aliphatic carbocycles. The number of allylic oxidation sites excluding steroid dienone is 1. The van der Waals surface area contributed by atoms with E-state index >= 15 is 0 Å². The van der Waals surface area contributed by atoms with Crippen molar-refractivity contribution >= 4 is 35.1 Å². The number of carboxylic acids is 1. The molecule has 2 aromatic rings. The maximum absolute atomic E-state index is 12.0. The van der Waals surface area contributed by atoms with Crippen LogP contribution in [-0.2, 0) is 16.0 Å². The Hall–Kier alpha value is -2.31. The second-order valence-corrected chi connectivity index (χ2v) is 6.41. The molecule has 138 valence electrons. The topological polar surface area (TPSA) is 92.4 Å². The molecule has 0 bridgehead atoms. The molecule has 0 saturated heterocycles. The van der Waals surface area contributed by atoms with Crippen LogP contribution in [0.15, 0.2) is 41.5 Å². The number of nitrogens with one attached hydrogen (secondary N) is 1. The Bertz CT molecular complexity index is 804. The summed E-state index contributed by atoms with van der Waals surface area (Å²) in [5.74, 6) is -0.627. The van der Waals surface area contributed by atoms with Gasteiger partial charge in [-0.25, -0.2) is 9.78 Å². The van der Waals surface area contributed by atoms with Crippen LogP contribution in [0.3, 0.4) is 0 Å². The van der Waals surface area contributed by atoms with Gasteiger partial charge in [0.25, 0.3) is 0 Å². The van der Waals surface area contributed by atoms with Crippen LogP contribution in [0.4, 0.5) is 0 Å². The van der Waals surface area contributed by atoms with Crippen molar-refractivity contribution in [2.45, 2.75) is 31.7 Å². The zero-order valence-corrected chi connectivity index (χ0v) is 15.4. The highest BCUT2D eigenvalue weighted by molar-refractivity contribution is 6.36. The molecule has 1 atom stereocenters. The zero-order chi connectivity index (χ0) is 19.1. The maximum atomic E-state index is 12.0. The van der Waals surface area contributed by atoms with Gasteiger partial charge in [0.05, 0.1) is 11.2 Å². The molecule has 1 amide bonds. The lowest BCUT2D eigenvalue weighted by atomic mass is 10.1.